The van der Waals surface area contributed by atoms with E-state index in [4.69, 9.17) is 14.2 Å². The lowest BCUT2D eigenvalue weighted by Gasteiger charge is -2.19. The lowest BCUT2D eigenvalue weighted by atomic mass is 9.97. The minimum absolute atomic E-state index is 0.376. The third-order valence-corrected chi connectivity index (χ3v) is 4.23. The average molecular weight is 315 g/mol. The number of benzene rings is 1. The number of hydrogen-bond acceptors (Lipinski definition) is 6. The first-order valence-corrected chi connectivity index (χ1v) is 7.58. The minimum Gasteiger partial charge on any atom is -0.497 e. The molecule has 0 spiro atoms. The Bertz CT molecular complexity index is 678. The minimum atomic E-state index is 0.376. The largest absolute Gasteiger partial charge is 0.497 e. The number of anilines is 1. The van der Waals surface area contributed by atoms with E-state index in [2.05, 4.69) is 20.9 Å². The van der Waals surface area contributed by atoms with E-state index >= 15 is 0 Å². The molecule has 0 saturated carbocycles. The van der Waals surface area contributed by atoms with Crippen LogP contribution in [0.25, 0.3) is 0 Å². The highest BCUT2D eigenvalue weighted by molar-refractivity contribution is 5.47. The summed E-state index contributed by atoms with van der Waals surface area (Å²) in [5, 5.41) is 0. The summed E-state index contributed by atoms with van der Waals surface area (Å²) in [5.41, 5.74) is 1.18. The maximum absolute atomic E-state index is 5.52. The van der Waals surface area contributed by atoms with Gasteiger partial charge in [0.25, 0.3) is 0 Å². The summed E-state index contributed by atoms with van der Waals surface area (Å²) in [6, 6.07) is 7.81. The molecule has 2 aromatic rings. The number of rotatable bonds is 5. The van der Waals surface area contributed by atoms with Crippen LogP contribution in [0.2, 0.25) is 0 Å². The molecule has 122 valence electrons. The summed E-state index contributed by atoms with van der Waals surface area (Å²) in [7, 11) is 4.99. The lowest BCUT2D eigenvalue weighted by Crippen LogP contribution is -2.20. The first-order chi connectivity index (χ1) is 11.2. The van der Waals surface area contributed by atoms with Gasteiger partial charge in [0.05, 0.1) is 21.3 Å². The molecule has 0 N–H and O–H groups in total. The lowest BCUT2D eigenvalue weighted by molar-refractivity contribution is 0.395. The van der Waals surface area contributed by atoms with E-state index in [1.54, 1.807) is 21.3 Å². The highest BCUT2D eigenvalue weighted by Crippen LogP contribution is 2.37. The summed E-state index contributed by atoms with van der Waals surface area (Å²) in [6.45, 7) is 1.81. The summed E-state index contributed by atoms with van der Waals surface area (Å²) in [6.07, 6.45) is 2.57. The van der Waals surface area contributed by atoms with E-state index in [0.717, 1.165) is 36.8 Å². The van der Waals surface area contributed by atoms with Gasteiger partial charge in [-0.1, -0.05) is 0 Å². The molecule has 0 unspecified atom stereocenters. The van der Waals surface area contributed by atoms with Crippen LogP contribution in [0.15, 0.2) is 30.6 Å². The second-order valence-electron chi connectivity index (χ2n) is 5.46. The van der Waals surface area contributed by atoms with Gasteiger partial charge in [0.2, 0.25) is 5.88 Å². The molecule has 1 aromatic heterocycles. The average Bonchev–Trinajstić information content (AvgIpc) is 3.11. The Hall–Kier alpha value is -2.50. The fourth-order valence-electron chi connectivity index (χ4n) is 3.00. The number of methoxy groups -OCH3 is 3. The quantitative estimate of drug-likeness (QED) is 0.845. The molecule has 6 heteroatoms. The number of nitrogens with zero attached hydrogens (tertiary/aromatic N) is 3. The maximum Gasteiger partial charge on any atom is 0.218 e. The van der Waals surface area contributed by atoms with E-state index in [0.29, 0.717) is 11.8 Å². The Morgan fingerprint density at radius 3 is 2.65 bits per heavy atom. The molecule has 1 saturated heterocycles. The SMILES string of the molecule is COc1ccc(OC)c([C@@H]2CCN(c3cc(OC)ncn3)C2)c1. The van der Waals surface area contributed by atoms with Crippen molar-refractivity contribution < 1.29 is 14.2 Å². The molecule has 0 aliphatic carbocycles. The van der Waals surface area contributed by atoms with Crippen LogP contribution in [-0.2, 0) is 0 Å². The Kier molecular flexibility index (Phi) is 4.50. The van der Waals surface area contributed by atoms with Gasteiger partial charge < -0.3 is 19.1 Å². The second kappa shape index (κ2) is 6.73. The van der Waals surface area contributed by atoms with Crippen LogP contribution in [0, 0.1) is 0 Å². The highest BCUT2D eigenvalue weighted by Gasteiger charge is 2.27. The van der Waals surface area contributed by atoms with Crippen molar-refractivity contribution in [2.24, 2.45) is 0 Å². The van der Waals surface area contributed by atoms with Crippen LogP contribution in [0.3, 0.4) is 0 Å². The van der Waals surface area contributed by atoms with Crippen molar-refractivity contribution >= 4 is 5.82 Å². The van der Waals surface area contributed by atoms with Crippen LogP contribution in [0.4, 0.5) is 5.82 Å². The molecule has 1 aliphatic rings. The molecule has 1 aromatic carbocycles. The maximum atomic E-state index is 5.52. The van der Waals surface area contributed by atoms with Crippen LogP contribution in [0.1, 0.15) is 17.9 Å². The van der Waals surface area contributed by atoms with Crippen molar-refractivity contribution in [1.82, 2.24) is 9.97 Å². The molecule has 1 fully saturated rings. The molecule has 3 rings (SSSR count). The van der Waals surface area contributed by atoms with E-state index in [1.807, 2.05) is 18.2 Å². The van der Waals surface area contributed by atoms with Gasteiger partial charge in [0.15, 0.2) is 0 Å². The number of aromatic nitrogens is 2. The number of ether oxygens (including phenoxy) is 3. The van der Waals surface area contributed by atoms with Crippen molar-refractivity contribution in [3.05, 3.63) is 36.2 Å². The standard InChI is InChI=1S/C17H21N3O3/c1-21-13-4-5-15(22-2)14(8-13)12-6-7-20(10-12)16-9-17(23-3)19-11-18-16/h4-5,8-9,11-12H,6-7,10H2,1-3H3/t12-/m1/s1. The van der Waals surface area contributed by atoms with Crippen LogP contribution in [-0.4, -0.2) is 44.4 Å². The first-order valence-electron chi connectivity index (χ1n) is 7.58. The molecule has 6 nitrogen and oxygen atoms in total. The van der Waals surface area contributed by atoms with Gasteiger partial charge in [-0.25, -0.2) is 9.97 Å². The van der Waals surface area contributed by atoms with Gasteiger partial charge in [0.1, 0.15) is 23.6 Å². The summed E-state index contributed by atoms with van der Waals surface area (Å²) >= 11 is 0. The van der Waals surface area contributed by atoms with Gasteiger partial charge >= 0.3 is 0 Å². The van der Waals surface area contributed by atoms with E-state index in [9.17, 15) is 0 Å². The topological polar surface area (TPSA) is 56.7 Å². The molecule has 2 heterocycles. The Morgan fingerprint density at radius 1 is 1.04 bits per heavy atom. The van der Waals surface area contributed by atoms with Crippen LogP contribution >= 0.6 is 0 Å². The van der Waals surface area contributed by atoms with Crippen LogP contribution < -0.4 is 19.1 Å². The predicted octanol–water partition coefficient (Wildman–Crippen LogP) is 2.50. The van der Waals surface area contributed by atoms with Crippen molar-refractivity contribution in [3.8, 4) is 17.4 Å². The normalized spacial score (nSPS) is 17.2. The second-order valence-corrected chi connectivity index (χ2v) is 5.46. The van der Waals surface area contributed by atoms with Gasteiger partial charge in [-0.3, -0.25) is 0 Å². The molecular formula is C17H21N3O3. The van der Waals surface area contributed by atoms with Gasteiger partial charge in [-0.05, 0) is 24.6 Å². The molecule has 0 radical (unpaired) electrons. The van der Waals surface area contributed by atoms with Gasteiger partial charge in [-0.2, -0.15) is 0 Å². The monoisotopic (exact) mass is 315 g/mol. The van der Waals surface area contributed by atoms with Crippen molar-refractivity contribution in [2.75, 3.05) is 39.3 Å². The zero-order valence-electron chi connectivity index (χ0n) is 13.7. The molecule has 0 amide bonds. The zero-order chi connectivity index (χ0) is 16.2. The Morgan fingerprint density at radius 2 is 1.91 bits per heavy atom. The van der Waals surface area contributed by atoms with Crippen molar-refractivity contribution in [2.45, 2.75) is 12.3 Å². The fourth-order valence-corrected chi connectivity index (χ4v) is 3.00. The third kappa shape index (κ3) is 3.16. The molecule has 1 aliphatic heterocycles. The van der Waals surface area contributed by atoms with Gasteiger partial charge in [-0.15, -0.1) is 0 Å². The van der Waals surface area contributed by atoms with Gasteiger partial charge in [0, 0.05) is 30.6 Å². The number of hydrogen-bond donors (Lipinski definition) is 0. The summed E-state index contributed by atoms with van der Waals surface area (Å²) < 4.78 is 16.0. The predicted molar refractivity (Wildman–Crippen MR) is 87.7 cm³/mol. The van der Waals surface area contributed by atoms with Crippen LogP contribution in [0.5, 0.6) is 17.4 Å². The van der Waals surface area contributed by atoms with Crippen molar-refractivity contribution in [1.29, 1.82) is 0 Å². The third-order valence-electron chi connectivity index (χ3n) is 4.23. The molecule has 1 atom stereocenters. The highest BCUT2D eigenvalue weighted by atomic mass is 16.5. The Balaban J connectivity index is 1.82. The van der Waals surface area contributed by atoms with E-state index < -0.39 is 0 Å². The van der Waals surface area contributed by atoms with E-state index in [1.165, 1.54) is 11.9 Å². The van der Waals surface area contributed by atoms with E-state index in [-0.39, 0.29) is 0 Å². The summed E-state index contributed by atoms with van der Waals surface area (Å²) in [5.74, 6) is 3.60. The zero-order valence-corrected chi connectivity index (χ0v) is 13.7. The molecule has 0 bridgehead atoms. The smallest absolute Gasteiger partial charge is 0.218 e. The Labute approximate surface area is 136 Å². The van der Waals surface area contributed by atoms with Crippen molar-refractivity contribution in [3.63, 3.8) is 0 Å². The fraction of sp³-hybridized carbons (Fsp3) is 0.412. The summed E-state index contributed by atoms with van der Waals surface area (Å²) in [4.78, 5) is 10.7. The molecular weight excluding hydrogens is 294 g/mol. The first kappa shape index (κ1) is 15.4. The molecule has 23 heavy (non-hydrogen) atoms.